The number of aliphatic hydroxyl groups excluding tert-OH is 1. The molecule has 0 saturated carbocycles. The summed E-state index contributed by atoms with van der Waals surface area (Å²) in [6.07, 6.45) is 2.57. The first-order valence-electron chi connectivity index (χ1n) is 11.5. The molecule has 0 radical (unpaired) electrons. The van der Waals surface area contributed by atoms with Crippen LogP contribution in [0, 0.1) is 12.7 Å². The van der Waals surface area contributed by atoms with Crippen molar-refractivity contribution in [1.29, 1.82) is 0 Å². The number of nitrogens with one attached hydrogen (secondary N) is 2. The molecule has 1 unspecified atom stereocenters. The maximum atomic E-state index is 14.2. The van der Waals surface area contributed by atoms with Gasteiger partial charge in [0.2, 0.25) is 0 Å². The topological polar surface area (TPSA) is 118 Å². The molecule has 4 rings (SSSR count). The summed E-state index contributed by atoms with van der Waals surface area (Å²) in [4.78, 5) is 17.0. The van der Waals surface area contributed by atoms with Crippen LogP contribution in [0.15, 0.2) is 59.6 Å². The van der Waals surface area contributed by atoms with Crippen LogP contribution < -0.4 is 14.8 Å². The Hall–Kier alpha value is -3.60. The molecule has 0 fully saturated rings. The van der Waals surface area contributed by atoms with Crippen molar-refractivity contribution in [3.8, 4) is 11.5 Å². The average molecular weight is 561 g/mol. The van der Waals surface area contributed by atoms with Gasteiger partial charge in [0.05, 0.1) is 18.6 Å². The van der Waals surface area contributed by atoms with Crippen molar-refractivity contribution in [2.45, 2.75) is 17.9 Å². The number of aryl methyl sites for hydroxylation is 1. The third kappa shape index (κ3) is 5.77. The van der Waals surface area contributed by atoms with Gasteiger partial charge in [-0.05, 0) is 48.9 Å². The van der Waals surface area contributed by atoms with Gasteiger partial charge in [0, 0.05) is 51.3 Å². The van der Waals surface area contributed by atoms with E-state index in [2.05, 4.69) is 10.3 Å². The van der Waals surface area contributed by atoms with Crippen molar-refractivity contribution in [2.75, 3.05) is 31.9 Å². The molecule has 3 aromatic carbocycles. The normalized spacial score (nSPS) is 12.4. The van der Waals surface area contributed by atoms with Crippen LogP contribution in [-0.4, -0.2) is 50.9 Å². The standard InChI is InChI=1S/C27H26ClFN2O6S/c1-15-8-21-22(14-30-24(21)13-23(15)29)27(33)26(20-5-4-16(28)9-25(20)37-7-6-32)31-17-10-18(36-2)12-19(11-17)38(3,34)35/h4-5,8-14,26,30-32H,6-7H2,1-3H3. The van der Waals surface area contributed by atoms with Gasteiger partial charge < -0.3 is 24.9 Å². The minimum Gasteiger partial charge on any atom is -0.497 e. The second-order valence-electron chi connectivity index (χ2n) is 8.71. The lowest BCUT2D eigenvalue weighted by Gasteiger charge is -2.23. The van der Waals surface area contributed by atoms with Gasteiger partial charge in [-0.1, -0.05) is 17.7 Å². The van der Waals surface area contributed by atoms with Crippen LogP contribution in [0.5, 0.6) is 11.5 Å². The number of H-pyrrole nitrogens is 1. The summed E-state index contributed by atoms with van der Waals surface area (Å²) in [7, 11) is -2.20. The fraction of sp³-hybridized carbons (Fsp3) is 0.222. The minimum atomic E-state index is -3.60. The molecule has 8 nitrogen and oxygen atoms in total. The first-order chi connectivity index (χ1) is 18.0. The zero-order valence-electron chi connectivity index (χ0n) is 20.8. The largest absolute Gasteiger partial charge is 0.497 e. The quantitative estimate of drug-likeness (QED) is 0.231. The smallest absolute Gasteiger partial charge is 0.191 e. The molecule has 1 aromatic heterocycles. The molecule has 38 heavy (non-hydrogen) atoms. The highest BCUT2D eigenvalue weighted by Gasteiger charge is 2.28. The molecule has 0 bridgehead atoms. The van der Waals surface area contributed by atoms with Gasteiger partial charge in [0.15, 0.2) is 15.6 Å². The number of ether oxygens (including phenoxy) is 2. The number of rotatable bonds is 10. The fourth-order valence-corrected chi connectivity index (χ4v) is 4.91. The molecule has 0 spiro atoms. The summed E-state index contributed by atoms with van der Waals surface area (Å²) in [6.45, 7) is 1.30. The number of carbonyl (C=O) groups excluding carboxylic acids is 1. The van der Waals surface area contributed by atoms with E-state index in [9.17, 15) is 22.7 Å². The maximum absolute atomic E-state index is 14.2. The number of aliphatic hydroxyl groups is 1. The van der Waals surface area contributed by atoms with E-state index in [-0.39, 0.29) is 35.2 Å². The number of hydrogen-bond donors (Lipinski definition) is 3. The van der Waals surface area contributed by atoms with Crippen LogP contribution in [0.4, 0.5) is 10.1 Å². The molecule has 0 aliphatic carbocycles. The van der Waals surface area contributed by atoms with Gasteiger partial charge in [0.25, 0.3) is 0 Å². The highest BCUT2D eigenvalue weighted by Crippen LogP contribution is 2.36. The predicted octanol–water partition coefficient (Wildman–Crippen LogP) is 5.09. The number of ketones is 1. The number of hydrogen-bond acceptors (Lipinski definition) is 7. The average Bonchev–Trinajstić information content (AvgIpc) is 3.27. The van der Waals surface area contributed by atoms with Gasteiger partial charge in [0.1, 0.15) is 30.0 Å². The van der Waals surface area contributed by atoms with Gasteiger partial charge >= 0.3 is 0 Å². The van der Waals surface area contributed by atoms with E-state index in [1.54, 1.807) is 31.2 Å². The first kappa shape index (κ1) is 27.4. The Morgan fingerprint density at radius 3 is 2.63 bits per heavy atom. The molecule has 1 atom stereocenters. The van der Waals surface area contributed by atoms with E-state index in [0.29, 0.717) is 32.7 Å². The number of anilines is 1. The molecule has 0 saturated heterocycles. The monoisotopic (exact) mass is 560 g/mol. The lowest BCUT2D eigenvalue weighted by Crippen LogP contribution is -2.22. The summed E-state index contributed by atoms with van der Waals surface area (Å²) < 4.78 is 49.7. The summed E-state index contributed by atoms with van der Waals surface area (Å²) >= 11 is 6.19. The van der Waals surface area contributed by atoms with E-state index in [4.69, 9.17) is 21.1 Å². The number of Topliss-reactive ketones (excluding diaryl/α,β-unsaturated/α-hetero) is 1. The molecular formula is C27H26ClFN2O6S. The second kappa shape index (κ2) is 11.0. The number of aromatic nitrogens is 1. The van der Waals surface area contributed by atoms with E-state index in [1.807, 2.05) is 0 Å². The molecule has 200 valence electrons. The van der Waals surface area contributed by atoms with Crippen LogP contribution in [0.1, 0.15) is 27.5 Å². The molecule has 0 amide bonds. The Kier molecular flexibility index (Phi) is 7.96. The number of halogens is 2. The lowest BCUT2D eigenvalue weighted by atomic mass is 9.95. The Morgan fingerprint density at radius 1 is 1.18 bits per heavy atom. The predicted molar refractivity (Wildman–Crippen MR) is 144 cm³/mol. The van der Waals surface area contributed by atoms with Crippen LogP contribution in [0.3, 0.4) is 0 Å². The summed E-state index contributed by atoms with van der Waals surface area (Å²) in [5.41, 5.74) is 1.80. The van der Waals surface area contributed by atoms with Crippen molar-refractivity contribution in [3.05, 3.63) is 82.3 Å². The summed E-state index contributed by atoms with van der Waals surface area (Å²) in [5, 5.41) is 13.3. The van der Waals surface area contributed by atoms with E-state index >= 15 is 0 Å². The van der Waals surface area contributed by atoms with Crippen molar-refractivity contribution in [1.82, 2.24) is 4.98 Å². The lowest BCUT2D eigenvalue weighted by molar-refractivity contribution is 0.0969. The van der Waals surface area contributed by atoms with Crippen molar-refractivity contribution in [3.63, 3.8) is 0 Å². The summed E-state index contributed by atoms with van der Waals surface area (Å²) in [6, 6.07) is 10.9. The number of sulfone groups is 1. The van der Waals surface area contributed by atoms with E-state index in [0.717, 1.165) is 6.26 Å². The second-order valence-corrected chi connectivity index (χ2v) is 11.2. The minimum absolute atomic E-state index is 0.00315. The van der Waals surface area contributed by atoms with Crippen molar-refractivity contribution < 1.29 is 32.2 Å². The number of carbonyl (C=O) groups is 1. The number of fused-ring (bicyclic) bond motifs is 1. The zero-order chi connectivity index (χ0) is 27.6. The van der Waals surface area contributed by atoms with Crippen LogP contribution in [0.2, 0.25) is 5.02 Å². The van der Waals surface area contributed by atoms with Crippen LogP contribution >= 0.6 is 11.6 Å². The number of aromatic amines is 1. The van der Waals surface area contributed by atoms with Crippen LogP contribution in [-0.2, 0) is 9.84 Å². The van der Waals surface area contributed by atoms with Gasteiger partial charge in [-0.3, -0.25) is 4.79 Å². The third-order valence-corrected chi connectivity index (χ3v) is 7.31. The molecule has 1 heterocycles. The Balaban J connectivity index is 1.89. The van der Waals surface area contributed by atoms with E-state index in [1.165, 1.54) is 37.6 Å². The van der Waals surface area contributed by atoms with Gasteiger partial charge in [-0.15, -0.1) is 0 Å². The highest BCUT2D eigenvalue weighted by molar-refractivity contribution is 7.90. The van der Waals surface area contributed by atoms with E-state index < -0.39 is 27.5 Å². The maximum Gasteiger partial charge on any atom is 0.191 e. The van der Waals surface area contributed by atoms with Gasteiger partial charge in [-0.2, -0.15) is 0 Å². The Bertz CT molecular complexity index is 1620. The molecule has 0 aliphatic heterocycles. The molecule has 11 heteroatoms. The van der Waals surface area contributed by atoms with Gasteiger partial charge in [-0.25, -0.2) is 12.8 Å². The zero-order valence-corrected chi connectivity index (χ0v) is 22.4. The first-order valence-corrected chi connectivity index (χ1v) is 13.8. The molecular weight excluding hydrogens is 535 g/mol. The van der Waals surface area contributed by atoms with Crippen LogP contribution in [0.25, 0.3) is 10.9 Å². The van der Waals surface area contributed by atoms with Crippen molar-refractivity contribution >= 4 is 43.8 Å². The number of benzene rings is 3. The van der Waals surface area contributed by atoms with Crippen molar-refractivity contribution in [2.24, 2.45) is 0 Å². The molecule has 4 aromatic rings. The molecule has 3 N–H and O–H groups in total. The number of methoxy groups -OCH3 is 1. The highest BCUT2D eigenvalue weighted by atomic mass is 35.5. The molecule has 0 aliphatic rings. The Labute approximate surface area is 224 Å². The SMILES string of the molecule is COc1cc(NC(C(=O)c2c[nH]c3cc(F)c(C)cc23)c2ccc(Cl)cc2OCCO)cc(S(C)(=O)=O)c1. The fourth-order valence-electron chi connectivity index (χ4n) is 4.08. The summed E-state index contributed by atoms with van der Waals surface area (Å²) in [5.74, 6) is -0.282. The Morgan fingerprint density at radius 2 is 1.95 bits per heavy atom. The third-order valence-electron chi connectivity index (χ3n) is 5.98.